The summed E-state index contributed by atoms with van der Waals surface area (Å²) in [7, 11) is 0. The minimum Gasteiger partial charge on any atom is -0.330 e. The minimum atomic E-state index is 0.283. The predicted octanol–water partition coefficient (Wildman–Crippen LogP) is 2.28. The number of rotatable bonds is 5. The normalized spacial score (nSPS) is 24.9. The molecule has 1 atom stereocenters. The van der Waals surface area contributed by atoms with Crippen LogP contribution in [0.5, 0.6) is 0 Å². The standard InChI is InChI=1S/C12H26N2/c1-4-11(2,9-13)10-14-12(3)7-5-6-8-12/h14H,4-10,13H2,1-3H3. The largest absolute Gasteiger partial charge is 0.330 e. The first-order valence-electron chi connectivity index (χ1n) is 5.99. The van der Waals surface area contributed by atoms with E-state index in [1.165, 1.54) is 25.7 Å². The zero-order chi connectivity index (χ0) is 10.7. The molecule has 0 bridgehead atoms. The highest BCUT2D eigenvalue weighted by atomic mass is 15.0. The van der Waals surface area contributed by atoms with Gasteiger partial charge in [0.2, 0.25) is 0 Å². The van der Waals surface area contributed by atoms with Gasteiger partial charge in [-0.25, -0.2) is 0 Å². The fraction of sp³-hybridized carbons (Fsp3) is 1.00. The molecule has 0 heterocycles. The maximum Gasteiger partial charge on any atom is 0.0153 e. The van der Waals surface area contributed by atoms with Crippen molar-refractivity contribution in [2.75, 3.05) is 13.1 Å². The average Bonchev–Trinajstić information content (AvgIpc) is 2.63. The van der Waals surface area contributed by atoms with Crippen LogP contribution in [-0.2, 0) is 0 Å². The van der Waals surface area contributed by atoms with Gasteiger partial charge in [0, 0.05) is 12.1 Å². The molecule has 3 N–H and O–H groups in total. The van der Waals surface area contributed by atoms with Crippen molar-refractivity contribution < 1.29 is 0 Å². The first-order valence-corrected chi connectivity index (χ1v) is 5.99. The van der Waals surface area contributed by atoms with Gasteiger partial charge < -0.3 is 11.1 Å². The van der Waals surface area contributed by atoms with Crippen molar-refractivity contribution in [1.29, 1.82) is 0 Å². The molecule has 0 saturated heterocycles. The summed E-state index contributed by atoms with van der Waals surface area (Å²) in [4.78, 5) is 0. The Labute approximate surface area is 88.6 Å². The molecule has 1 unspecified atom stereocenters. The van der Waals surface area contributed by atoms with Gasteiger partial charge in [0.1, 0.15) is 0 Å². The fourth-order valence-corrected chi connectivity index (χ4v) is 2.10. The third-order valence-corrected chi connectivity index (χ3v) is 4.00. The van der Waals surface area contributed by atoms with Crippen molar-refractivity contribution in [2.45, 2.75) is 58.4 Å². The second kappa shape index (κ2) is 4.63. The first kappa shape index (κ1) is 12.0. The fourth-order valence-electron chi connectivity index (χ4n) is 2.10. The van der Waals surface area contributed by atoms with Crippen molar-refractivity contribution in [3.63, 3.8) is 0 Å². The Morgan fingerprint density at radius 2 is 1.93 bits per heavy atom. The van der Waals surface area contributed by atoms with Crippen LogP contribution in [0.4, 0.5) is 0 Å². The quantitative estimate of drug-likeness (QED) is 0.711. The summed E-state index contributed by atoms with van der Waals surface area (Å²) in [6, 6.07) is 0. The number of nitrogens with two attached hydrogens (primary N) is 1. The Kier molecular flexibility index (Phi) is 3.96. The SMILES string of the molecule is CCC(C)(CN)CNC1(C)CCCC1. The Morgan fingerprint density at radius 1 is 1.36 bits per heavy atom. The highest BCUT2D eigenvalue weighted by Gasteiger charge is 2.30. The van der Waals surface area contributed by atoms with Gasteiger partial charge in [-0.2, -0.15) is 0 Å². The molecular formula is C12H26N2. The second-order valence-electron chi connectivity index (χ2n) is 5.49. The molecule has 1 saturated carbocycles. The zero-order valence-corrected chi connectivity index (χ0v) is 10.0. The molecule has 1 fully saturated rings. The highest BCUT2D eigenvalue weighted by molar-refractivity contribution is 4.90. The van der Waals surface area contributed by atoms with Gasteiger partial charge >= 0.3 is 0 Å². The smallest absolute Gasteiger partial charge is 0.0153 e. The Balaban J connectivity index is 2.38. The van der Waals surface area contributed by atoms with E-state index in [4.69, 9.17) is 5.73 Å². The molecule has 0 amide bonds. The third-order valence-electron chi connectivity index (χ3n) is 4.00. The summed E-state index contributed by atoms with van der Waals surface area (Å²) in [5, 5.41) is 3.72. The van der Waals surface area contributed by atoms with E-state index in [0.29, 0.717) is 5.54 Å². The number of hydrogen-bond donors (Lipinski definition) is 2. The second-order valence-corrected chi connectivity index (χ2v) is 5.49. The molecule has 0 aromatic carbocycles. The summed E-state index contributed by atoms with van der Waals surface area (Å²) in [6.07, 6.45) is 6.59. The maximum absolute atomic E-state index is 5.81. The molecule has 1 aliphatic carbocycles. The van der Waals surface area contributed by atoms with Crippen molar-refractivity contribution in [1.82, 2.24) is 5.32 Å². The molecule has 84 valence electrons. The lowest BCUT2D eigenvalue weighted by Crippen LogP contribution is -2.47. The summed E-state index contributed by atoms with van der Waals surface area (Å²) in [6.45, 7) is 8.71. The van der Waals surface area contributed by atoms with Crippen LogP contribution < -0.4 is 11.1 Å². The van der Waals surface area contributed by atoms with Crippen molar-refractivity contribution in [3.05, 3.63) is 0 Å². The molecule has 0 aromatic heterocycles. The lowest BCUT2D eigenvalue weighted by Gasteiger charge is -2.33. The van der Waals surface area contributed by atoms with E-state index in [1.54, 1.807) is 0 Å². The van der Waals surface area contributed by atoms with Crippen molar-refractivity contribution in [3.8, 4) is 0 Å². The van der Waals surface area contributed by atoms with Crippen LogP contribution >= 0.6 is 0 Å². The molecule has 14 heavy (non-hydrogen) atoms. The lowest BCUT2D eigenvalue weighted by molar-refractivity contribution is 0.248. The van der Waals surface area contributed by atoms with Crippen LogP contribution in [-0.4, -0.2) is 18.6 Å². The van der Waals surface area contributed by atoms with Gasteiger partial charge in [-0.3, -0.25) is 0 Å². The Morgan fingerprint density at radius 3 is 2.36 bits per heavy atom. The van der Waals surface area contributed by atoms with E-state index >= 15 is 0 Å². The van der Waals surface area contributed by atoms with E-state index in [1.807, 2.05) is 0 Å². The zero-order valence-electron chi connectivity index (χ0n) is 10.0. The van der Waals surface area contributed by atoms with Crippen LogP contribution in [0.2, 0.25) is 0 Å². The van der Waals surface area contributed by atoms with E-state index in [0.717, 1.165) is 19.5 Å². The van der Waals surface area contributed by atoms with Crippen LogP contribution in [0.15, 0.2) is 0 Å². The lowest BCUT2D eigenvalue weighted by atomic mass is 9.86. The molecule has 1 aliphatic rings. The molecule has 2 heteroatoms. The van der Waals surface area contributed by atoms with Crippen LogP contribution in [0.3, 0.4) is 0 Å². The first-order chi connectivity index (χ1) is 6.54. The molecule has 0 radical (unpaired) electrons. The Bertz CT molecular complexity index is 163. The number of hydrogen-bond acceptors (Lipinski definition) is 2. The minimum absolute atomic E-state index is 0.283. The van der Waals surface area contributed by atoms with Gasteiger partial charge in [-0.15, -0.1) is 0 Å². The van der Waals surface area contributed by atoms with Crippen LogP contribution in [0.1, 0.15) is 52.9 Å². The van der Waals surface area contributed by atoms with Gasteiger partial charge in [0.15, 0.2) is 0 Å². The van der Waals surface area contributed by atoms with Gasteiger partial charge in [-0.05, 0) is 38.1 Å². The molecule has 0 aromatic rings. The molecule has 0 spiro atoms. The van der Waals surface area contributed by atoms with E-state index in [-0.39, 0.29) is 5.41 Å². The van der Waals surface area contributed by atoms with E-state index < -0.39 is 0 Å². The van der Waals surface area contributed by atoms with Gasteiger partial charge in [-0.1, -0.05) is 26.7 Å². The van der Waals surface area contributed by atoms with E-state index in [9.17, 15) is 0 Å². The van der Waals surface area contributed by atoms with Crippen LogP contribution in [0, 0.1) is 5.41 Å². The molecule has 1 rings (SSSR count). The summed E-state index contributed by atoms with van der Waals surface area (Å²) in [5.74, 6) is 0. The summed E-state index contributed by atoms with van der Waals surface area (Å²) < 4.78 is 0. The van der Waals surface area contributed by atoms with Crippen LogP contribution in [0.25, 0.3) is 0 Å². The highest BCUT2D eigenvalue weighted by Crippen LogP contribution is 2.30. The van der Waals surface area contributed by atoms with Crippen molar-refractivity contribution in [2.24, 2.45) is 11.1 Å². The molecule has 2 nitrogen and oxygen atoms in total. The summed E-state index contributed by atoms with van der Waals surface area (Å²) >= 11 is 0. The molecule has 0 aliphatic heterocycles. The Hall–Kier alpha value is -0.0800. The number of nitrogens with one attached hydrogen (secondary N) is 1. The van der Waals surface area contributed by atoms with Gasteiger partial charge in [0.25, 0.3) is 0 Å². The monoisotopic (exact) mass is 198 g/mol. The third kappa shape index (κ3) is 2.96. The maximum atomic E-state index is 5.81. The topological polar surface area (TPSA) is 38.0 Å². The predicted molar refractivity (Wildman–Crippen MR) is 62.3 cm³/mol. The average molecular weight is 198 g/mol. The molecular weight excluding hydrogens is 172 g/mol. The van der Waals surface area contributed by atoms with E-state index in [2.05, 4.69) is 26.1 Å². The van der Waals surface area contributed by atoms with Gasteiger partial charge in [0.05, 0.1) is 0 Å². The van der Waals surface area contributed by atoms with Crippen molar-refractivity contribution >= 4 is 0 Å². The summed E-state index contributed by atoms with van der Waals surface area (Å²) in [5.41, 5.74) is 6.48.